The number of halogens is 3. The molecular formula is C12H15Cl2FN2S. The van der Waals surface area contributed by atoms with Gasteiger partial charge in [0.15, 0.2) is 0 Å². The highest BCUT2D eigenvalue weighted by molar-refractivity contribution is 7.15. The summed E-state index contributed by atoms with van der Waals surface area (Å²) < 4.78 is 13.6. The average Bonchev–Trinajstić information content (AvgIpc) is 2.61. The van der Waals surface area contributed by atoms with Crippen molar-refractivity contribution in [1.29, 1.82) is 0 Å². The number of nitrogens with zero attached hydrogens (tertiary/aromatic N) is 1. The lowest BCUT2D eigenvalue weighted by Crippen LogP contribution is -2.03. The lowest BCUT2D eigenvalue weighted by molar-refractivity contribution is 0.631. The Balaban J connectivity index is 0.00000144. The molecule has 0 bridgehead atoms. The molecule has 1 atom stereocenters. The van der Waals surface area contributed by atoms with Crippen LogP contribution in [-0.4, -0.2) is 4.98 Å². The van der Waals surface area contributed by atoms with E-state index in [1.807, 2.05) is 13.8 Å². The molecule has 6 heteroatoms. The Morgan fingerprint density at radius 3 is 2.39 bits per heavy atom. The molecule has 0 saturated carbocycles. The molecule has 100 valence electrons. The number of benzene rings is 1. The molecule has 2 nitrogen and oxygen atoms in total. The lowest BCUT2D eigenvalue weighted by Gasteiger charge is -2.00. The molecule has 1 aromatic heterocycles. The van der Waals surface area contributed by atoms with Gasteiger partial charge in [-0.25, -0.2) is 9.37 Å². The Morgan fingerprint density at radius 2 is 1.89 bits per heavy atom. The van der Waals surface area contributed by atoms with E-state index in [-0.39, 0.29) is 36.7 Å². The van der Waals surface area contributed by atoms with E-state index in [4.69, 9.17) is 5.73 Å². The normalized spacial score (nSPS) is 11.3. The van der Waals surface area contributed by atoms with Gasteiger partial charge in [-0.15, -0.1) is 36.2 Å². The molecule has 0 radical (unpaired) electrons. The van der Waals surface area contributed by atoms with Gasteiger partial charge < -0.3 is 5.73 Å². The lowest BCUT2D eigenvalue weighted by atomic mass is 10.2. The van der Waals surface area contributed by atoms with E-state index >= 15 is 0 Å². The maximum atomic E-state index is 13.6. The van der Waals surface area contributed by atoms with Crippen molar-refractivity contribution < 1.29 is 4.39 Å². The number of thiazole rings is 1. The van der Waals surface area contributed by atoms with Crippen LogP contribution in [0.1, 0.15) is 23.5 Å². The van der Waals surface area contributed by atoms with Gasteiger partial charge in [0.25, 0.3) is 0 Å². The highest BCUT2D eigenvalue weighted by atomic mass is 35.5. The standard InChI is InChI=1S/C12H13FN2S.2ClH/c1-7(14)11-8(2)15-12(16-11)9-5-3-4-6-10(9)13;;/h3-7H,14H2,1-2H3;2*1H. The van der Waals surface area contributed by atoms with Gasteiger partial charge in [-0.2, -0.15) is 0 Å². The van der Waals surface area contributed by atoms with Crippen molar-refractivity contribution in [2.24, 2.45) is 5.73 Å². The van der Waals surface area contributed by atoms with Gasteiger partial charge in [-0.3, -0.25) is 0 Å². The summed E-state index contributed by atoms with van der Waals surface area (Å²) in [6.45, 7) is 3.81. The van der Waals surface area contributed by atoms with Crippen molar-refractivity contribution in [1.82, 2.24) is 4.98 Å². The number of hydrogen-bond donors (Lipinski definition) is 1. The summed E-state index contributed by atoms with van der Waals surface area (Å²) in [7, 11) is 0. The maximum Gasteiger partial charge on any atom is 0.133 e. The molecule has 0 spiro atoms. The van der Waals surface area contributed by atoms with E-state index in [9.17, 15) is 4.39 Å². The fourth-order valence-corrected chi connectivity index (χ4v) is 2.63. The van der Waals surface area contributed by atoms with Crippen molar-refractivity contribution in [3.05, 3.63) is 40.7 Å². The number of nitrogens with two attached hydrogens (primary N) is 1. The minimum Gasteiger partial charge on any atom is -0.323 e. The Labute approximate surface area is 122 Å². The number of aromatic nitrogens is 1. The molecule has 0 amide bonds. The third-order valence-corrected chi connectivity index (χ3v) is 3.74. The molecule has 0 aliphatic heterocycles. The van der Waals surface area contributed by atoms with Crippen molar-refractivity contribution in [2.45, 2.75) is 19.9 Å². The van der Waals surface area contributed by atoms with Crippen LogP contribution in [0.3, 0.4) is 0 Å². The van der Waals surface area contributed by atoms with Gasteiger partial charge in [-0.1, -0.05) is 12.1 Å². The van der Waals surface area contributed by atoms with E-state index in [2.05, 4.69) is 4.98 Å². The Bertz CT molecular complexity index is 515. The van der Waals surface area contributed by atoms with E-state index in [0.29, 0.717) is 10.6 Å². The highest BCUT2D eigenvalue weighted by Gasteiger charge is 2.14. The van der Waals surface area contributed by atoms with Crippen LogP contribution in [0, 0.1) is 12.7 Å². The fourth-order valence-electron chi connectivity index (χ4n) is 1.58. The second-order valence-corrected chi connectivity index (χ2v) is 4.77. The molecule has 1 heterocycles. The number of hydrogen-bond acceptors (Lipinski definition) is 3. The minimum atomic E-state index is -0.243. The van der Waals surface area contributed by atoms with Crippen molar-refractivity contribution in [3.8, 4) is 10.6 Å². The predicted octanol–water partition coefficient (Wildman–Crippen LogP) is 4.12. The van der Waals surface area contributed by atoms with Crippen LogP contribution in [0.4, 0.5) is 4.39 Å². The zero-order valence-corrected chi connectivity index (χ0v) is 12.5. The molecule has 2 aromatic rings. The summed E-state index contributed by atoms with van der Waals surface area (Å²) in [4.78, 5) is 5.37. The van der Waals surface area contributed by atoms with Crippen molar-refractivity contribution >= 4 is 36.2 Å². The van der Waals surface area contributed by atoms with Gasteiger partial charge in [0, 0.05) is 16.5 Å². The quantitative estimate of drug-likeness (QED) is 0.906. The van der Waals surface area contributed by atoms with E-state index in [1.165, 1.54) is 17.4 Å². The van der Waals surface area contributed by atoms with Crippen LogP contribution in [-0.2, 0) is 0 Å². The van der Waals surface area contributed by atoms with Crippen molar-refractivity contribution in [2.75, 3.05) is 0 Å². The van der Waals surface area contributed by atoms with Crippen LogP contribution in [0.25, 0.3) is 10.6 Å². The third-order valence-electron chi connectivity index (χ3n) is 2.35. The summed E-state index contributed by atoms with van der Waals surface area (Å²) in [6.07, 6.45) is 0. The van der Waals surface area contributed by atoms with Crippen molar-refractivity contribution in [3.63, 3.8) is 0 Å². The zero-order chi connectivity index (χ0) is 11.7. The molecule has 1 aromatic carbocycles. The van der Waals surface area contributed by atoms with E-state index in [0.717, 1.165) is 10.6 Å². The molecule has 2 rings (SSSR count). The summed E-state index contributed by atoms with van der Waals surface area (Å²) in [5, 5.41) is 0.697. The van der Waals surface area contributed by atoms with Crippen LogP contribution in [0.5, 0.6) is 0 Å². The molecule has 0 aliphatic carbocycles. The van der Waals surface area contributed by atoms with Gasteiger partial charge in [0.2, 0.25) is 0 Å². The Hall–Kier alpha value is -0.680. The number of rotatable bonds is 2. The summed E-state index contributed by atoms with van der Waals surface area (Å²) >= 11 is 1.46. The molecule has 1 unspecified atom stereocenters. The Kier molecular flexibility index (Phi) is 6.78. The van der Waals surface area contributed by atoms with Gasteiger partial charge in [0.05, 0.1) is 5.69 Å². The first-order valence-corrected chi connectivity index (χ1v) is 5.89. The summed E-state index contributed by atoms with van der Waals surface area (Å²) in [6, 6.07) is 6.60. The number of aryl methyl sites for hydroxylation is 1. The van der Waals surface area contributed by atoms with Crippen LogP contribution in [0.2, 0.25) is 0 Å². The largest absolute Gasteiger partial charge is 0.323 e. The van der Waals surface area contributed by atoms with E-state index in [1.54, 1.807) is 18.2 Å². The van der Waals surface area contributed by atoms with Gasteiger partial charge in [-0.05, 0) is 26.0 Å². The maximum absolute atomic E-state index is 13.6. The second kappa shape index (κ2) is 7.04. The SMILES string of the molecule is Cc1nc(-c2ccccc2F)sc1C(C)N.Cl.Cl. The fraction of sp³-hybridized carbons (Fsp3) is 0.250. The predicted molar refractivity (Wildman–Crippen MR) is 79.3 cm³/mol. The first-order chi connectivity index (χ1) is 7.59. The topological polar surface area (TPSA) is 38.9 Å². The zero-order valence-electron chi connectivity index (χ0n) is 10.0. The first kappa shape index (κ1) is 17.3. The second-order valence-electron chi connectivity index (χ2n) is 3.74. The van der Waals surface area contributed by atoms with Crippen LogP contribution >= 0.6 is 36.2 Å². The van der Waals surface area contributed by atoms with Crippen LogP contribution < -0.4 is 5.73 Å². The molecule has 0 saturated heterocycles. The summed E-state index contributed by atoms with van der Waals surface area (Å²) in [5.74, 6) is -0.243. The molecule has 18 heavy (non-hydrogen) atoms. The molecular weight excluding hydrogens is 294 g/mol. The average molecular weight is 309 g/mol. The van der Waals surface area contributed by atoms with Gasteiger partial charge >= 0.3 is 0 Å². The molecule has 0 aliphatic rings. The minimum absolute atomic E-state index is 0. The monoisotopic (exact) mass is 308 g/mol. The molecule has 2 N–H and O–H groups in total. The third kappa shape index (κ3) is 3.42. The smallest absolute Gasteiger partial charge is 0.133 e. The molecule has 0 fully saturated rings. The highest BCUT2D eigenvalue weighted by Crippen LogP contribution is 2.31. The Morgan fingerprint density at radius 1 is 1.28 bits per heavy atom. The van der Waals surface area contributed by atoms with Gasteiger partial charge in [0.1, 0.15) is 10.8 Å². The first-order valence-electron chi connectivity index (χ1n) is 5.07. The summed E-state index contributed by atoms with van der Waals surface area (Å²) in [5.41, 5.74) is 7.25. The van der Waals surface area contributed by atoms with E-state index < -0.39 is 0 Å². The van der Waals surface area contributed by atoms with Crippen LogP contribution in [0.15, 0.2) is 24.3 Å².